The van der Waals surface area contributed by atoms with Crippen molar-refractivity contribution in [1.29, 1.82) is 0 Å². The number of rotatable bonds is 4. The van der Waals surface area contributed by atoms with Crippen molar-refractivity contribution in [2.75, 3.05) is 31.1 Å². The number of nitrogens with zero attached hydrogens (tertiary/aromatic N) is 6. The van der Waals surface area contributed by atoms with E-state index in [1.807, 2.05) is 30.9 Å². The molecule has 4 heterocycles. The fraction of sp³-hybridized carbons (Fsp3) is 0.360. The first kappa shape index (κ1) is 22.5. The Kier molecular flexibility index (Phi) is 5.81. The van der Waals surface area contributed by atoms with E-state index in [9.17, 15) is 9.18 Å². The summed E-state index contributed by atoms with van der Waals surface area (Å²) in [4.78, 5) is 28.3. The number of thiophene rings is 1. The highest BCUT2D eigenvalue weighted by atomic mass is 32.1. The second kappa shape index (κ2) is 8.79. The maximum atomic E-state index is 13.4. The van der Waals surface area contributed by atoms with Crippen LogP contribution in [0.2, 0.25) is 0 Å². The van der Waals surface area contributed by atoms with Crippen LogP contribution in [0.1, 0.15) is 46.6 Å². The summed E-state index contributed by atoms with van der Waals surface area (Å²) in [6.45, 7) is 10.8. The van der Waals surface area contributed by atoms with Gasteiger partial charge in [0.2, 0.25) is 0 Å². The van der Waals surface area contributed by atoms with Gasteiger partial charge in [-0.25, -0.2) is 19.0 Å². The average molecular weight is 479 g/mol. The van der Waals surface area contributed by atoms with Gasteiger partial charge in [-0.15, -0.1) is 11.3 Å². The van der Waals surface area contributed by atoms with Crippen LogP contribution < -0.4 is 4.90 Å². The smallest absolute Gasteiger partial charge is 0.264 e. The quantitative estimate of drug-likeness (QED) is 0.425. The molecule has 176 valence electrons. The van der Waals surface area contributed by atoms with E-state index < -0.39 is 0 Å². The van der Waals surface area contributed by atoms with Crippen LogP contribution in [0.3, 0.4) is 0 Å². The molecule has 1 amide bonds. The summed E-state index contributed by atoms with van der Waals surface area (Å²) in [6, 6.07) is 10.2. The van der Waals surface area contributed by atoms with Crippen molar-refractivity contribution < 1.29 is 9.18 Å². The van der Waals surface area contributed by atoms with Crippen LogP contribution >= 0.6 is 11.3 Å². The molecule has 1 aromatic carbocycles. The van der Waals surface area contributed by atoms with Gasteiger partial charge in [-0.1, -0.05) is 13.8 Å². The molecule has 1 aliphatic rings. The normalized spacial score (nSPS) is 14.4. The number of carbonyl (C=O) groups excluding carboxylic acids is 1. The van der Waals surface area contributed by atoms with Crippen molar-refractivity contribution >= 4 is 33.3 Å². The van der Waals surface area contributed by atoms with Crippen molar-refractivity contribution in [1.82, 2.24) is 24.6 Å². The summed E-state index contributed by atoms with van der Waals surface area (Å²) in [5, 5.41) is 5.55. The van der Waals surface area contributed by atoms with Crippen LogP contribution in [-0.4, -0.2) is 56.7 Å². The number of hydrogen-bond acceptors (Lipinski definition) is 6. The van der Waals surface area contributed by atoms with E-state index in [2.05, 4.69) is 28.8 Å². The molecular formula is C25H27FN6OS. The molecule has 5 rings (SSSR count). The van der Waals surface area contributed by atoms with Gasteiger partial charge in [0.05, 0.1) is 16.3 Å². The molecule has 1 aliphatic heterocycles. The number of halogens is 1. The van der Waals surface area contributed by atoms with Gasteiger partial charge in [-0.3, -0.25) is 4.79 Å². The van der Waals surface area contributed by atoms with E-state index >= 15 is 0 Å². The Morgan fingerprint density at radius 3 is 2.41 bits per heavy atom. The van der Waals surface area contributed by atoms with E-state index in [0.717, 1.165) is 52.0 Å². The Morgan fingerprint density at radius 2 is 1.74 bits per heavy atom. The van der Waals surface area contributed by atoms with E-state index in [1.165, 1.54) is 23.5 Å². The maximum Gasteiger partial charge on any atom is 0.264 e. The van der Waals surface area contributed by atoms with Crippen molar-refractivity contribution in [3.63, 3.8) is 0 Å². The molecule has 0 spiro atoms. The fourth-order valence-corrected chi connectivity index (χ4v) is 5.35. The lowest BCUT2D eigenvalue weighted by atomic mass is 10.2. The monoisotopic (exact) mass is 478 g/mol. The zero-order valence-corrected chi connectivity index (χ0v) is 20.6. The van der Waals surface area contributed by atoms with Crippen molar-refractivity contribution in [2.45, 2.75) is 33.6 Å². The van der Waals surface area contributed by atoms with E-state index in [4.69, 9.17) is 4.98 Å². The Morgan fingerprint density at radius 1 is 1.03 bits per heavy atom. The number of anilines is 1. The lowest BCUT2D eigenvalue weighted by Crippen LogP contribution is -2.49. The predicted octanol–water partition coefficient (Wildman–Crippen LogP) is 4.72. The number of aromatic nitrogens is 4. The third-order valence-electron chi connectivity index (χ3n) is 6.09. The van der Waals surface area contributed by atoms with E-state index in [0.29, 0.717) is 18.0 Å². The molecule has 9 heteroatoms. The van der Waals surface area contributed by atoms with Crippen LogP contribution in [0.5, 0.6) is 0 Å². The lowest BCUT2D eigenvalue weighted by molar-refractivity contribution is 0.0751. The van der Waals surface area contributed by atoms with Gasteiger partial charge < -0.3 is 9.80 Å². The molecule has 0 N–H and O–H groups in total. The zero-order chi connectivity index (χ0) is 24.0. The van der Waals surface area contributed by atoms with Gasteiger partial charge in [0, 0.05) is 49.2 Å². The molecule has 7 nitrogen and oxygen atoms in total. The number of amides is 1. The van der Waals surface area contributed by atoms with Crippen molar-refractivity contribution in [3.8, 4) is 5.69 Å². The first-order valence-electron chi connectivity index (χ1n) is 11.4. The number of piperazine rings is 1. The Balaban J connectivity index is 1.34. The SMILES string of the molecule is Cc1cc(N2CCN(C(=O)c3cc4c(C)nn(-c5ccc(F)cc5)c4s3)CC2)nc(C(C)C)n1. The summed E-state index contributed by atoms with van der Waals surface area (Å²) in [6.07, 6.45) is 0. The summed E-state index contributed by atoms with van der Waals surface area (Å²) < 4.78 is 15.1. The number of hydrogen-bond donors (Lipinski definition) is 0. The van der Waals surface area contributed by atoms with Gasteiger partial charge in [-0.05, 0) is 44.2 Å². The molecule has 1 saturated heterocycles. The first-order chi connectivity index (χ1) is 16.3. The van der Waals surface area contributed by atoms with E-state index in [-0.39, 0.29) is 17.6 Å². The molecule has 4 aromatic rings. The molecule has 0 atom stereocenters. The second-order valence-corrected chi connectivity index (χ2v) is 9.99. The zero-order valence-electron chi connectivity index (χ0n) is 19.7. The Hall–Kier alpha value is -3.33. The summed E-state index contributed by atoms with van der Waals surface area (Å²) in [7, 11) is 0. The predicted molar refractivity (Wildman–Crippen MR) is 133 cm³/mol. The van der Waals surface area contributed by atoms with Crippen LogP contribution in [0.25, 0.3) is 15.9 Å². The van der Waals surface area contributed by atoms with Gasteiger partial charge in [0.25, 0.3) is 5.91 Å². The number of fused-ring (bicyclic) bond motifs is 1. The molecule has 0 aliphatic carbocycles. The molecule has 0 radical (unpaired) electrons. The minimum atomic E-state index is -0.289. The minimum Gasteiger partial charge on any atom is -0.353 e. The molecule has 3 aromatic heterocycles. The topological polar surface area (TPSA) is 67.2 Å². The third-order valence-corrected chi connectivity index (χ3v) is 7.19. The van der Waals surface area contributed by atoms with Crippen molar-refractivity contribution in [3.05, 3.63) is 64.3 Å². The molecule has 0 saturated carbocycles. The first-order valence-corrected chi connectivity index (χ1v) is 12.3. The highest BCUT2D eigenvalue weighted by Crippen LogP contribution is 2.31. The van der Waals surface area contributed by atoms with E-state index in [1.54, 1.807) is 16.8 Å². The molecule has 34 heavy (non-hydrogen) atoms. The van der Waals surface area contributed by atoms with Gasteiger partial charge >= 0.3 is 0 Å². The minimum absolute atomic E-state index is 0.0349. The highest BCUT2D eigenvalue weighted by Gasteiger charge is 2.26. The Labute approximate surface area is 201 Å². The second-order valence-electron chi connectivity index (χ2n) is 8.96. The van der Waals surface area contributed by atoms with Crippen molar-refractivity contribution in [2.24, 2.45) is 0 Å². The third kappa shape index (κ3) is 4.16. The number of carbonyl (C=O) groups is 1. The largest absolute Gasteiger partial charge is 0.353 e. The molecule has 1 fully saturated rings. The van der Waals surface area contributed by atoms with Crippen LogP contribution in [-0.2, 0) is 0 Å². The van der Waals surface area contributed by atoms with Crippen LogP contribution in [0.4, 0.5) is 10.2 Å². The number of aryl methyl sites for hydroxylation is 2. The van der Waals surface area contributed by atoms with Gasteiger partial charge in [0.15, 0.2) is 0 Å². The lowest BCUT2D eigenvalue weighted by Gasteiger charge is -2.35. The highest BCUT2D eigenvalue weighted by molar-refractivity contribution is 7.20. The summed E-state index contributed by atoms with van der Waals surface area (Å²) in [5.74, 6) is 1.79. The Bertz CT molecular complexity index is 1350. The molecule has 0 bridgehead atoms. The van der Waals surface area contributed by atoms with Gasteiger partial charge in [-0.2, -0.15) is 5.10 Å². The van der Waals surface area contributed by atoms with Gasteiger partial charge in [0.1, 0.15) is 22.3 Å². The standard InChI is InChI=1S/C25H27FN6OS/c1-15(2)23-27-16(3)13-22(28-23)30-9-11-31(12-10-30)24(33)21-14-20-17(4)29-32(25(20)34-21)19-7-5-18(26)6-8-19/h5-8,13-15H,9-12H2,1-4H3. The maximum absolute atomic E-state index is 13.4. The number of benzene rings is 1. The molecular weight excluding hydrogens is 451 g/mol. The van der Waals surface area contributed by atoms with Crippen LogP contribution in [0, 0.1) is 19.7 Å². The molecule has 0 unspecified atom stereocenters. The fourth-order valence-electron chi connectivity index (χ4n) is 4.20. The summed E-state index contributed by atoms with van der Waals surface area (Å²) in [5.41, 5.74) is 2.58. The average Bonchev–Trinajstić information content (AvgIpc) is 3.39. The summed E-state index contributed by atoms with van der Waals surface area (Å²) >= 11 is 1.43. The van der Waals surface area contributed by atoms with Crippen LogP contribution in [0.15, 0.2) is 36.4 Å².